The lowest BCUT2D eigenvalue weighted by molar-refractivity contribution is -0.139. The summed E-state index contributed by atoms with van der Waals surface area (Å²) in [5.41, 5.74) is 4.67. The van der Waals surface area contributed by atoms with Crippen LogP contribution < -0.4 is 9.47 Å². The second-order valence-electron chi connectivity index (χ2n) is 10.3. The van der Waals surface area contributed by atoms with E-state index in [1.807, 2.05) is 6.92 Å². The van der Waals surface area contributed by atoms with Crippen LogP contribution in [0.25, 0.3) is 0 Å². The lowest BCUT2D eigenvalue weighted by atomic mass is 9.78. The first-order valence-electron chi connectivity index (χ1n) is 13.4. The van der Waals surface area contributed by atoms with E-state index < -0.39 is 5.97 Å². The number of aliphatic hydroxyl groups is 1. The molecule has 5 heteroatoms. The van der Waals surface area contributed by atoms with Gasteiger partial charge in [-0.1, -0.05) is 51.5 Å². The second kappa shape index (κ2) is 14.9. The molecule has 1 aromatic carbocycles. The van der Waals surface area contributed by atoms with Crippen molar-refractivity contribution in [1.82, 2.24) is 0 Å². The molecule has 1 N–H and O–H groups in total. The molecule has 0 spiro atoms. The summed E-state index contributed by atoms with van der Waals surface area (Å²) >= 11 is 0. The number of allylic oxidation sites excluding steroid dienone is 2. The van der Waals surface area contributed by atoms with Crippen molar-refractivity contribution in [3.05, 3.63) is 59.2 Å². The minimum absolute atomic E-state index is 0.0531. The van der Waals surface area contributed by atoms with Crippen LogP contribution in [0.15, 0.2) is 42.5 Å². The van der Waals surface area contributed by atoms with Crippen molar-refractivity contribution < 1.29 is 24.1 Å². The Bertz CT molecular complexity index is 927. The fourth-order valence-corrected chi connectivity index (χ4v) is 4.62. The van der Waals surface area contributed by atoms with Crippen molar-refractivity contribution in [3.8, 4) is 11.5 Å². The maximum Gasteiger partial charge on any atom is 0.333 e. The van der Waals surface area contributed by atoms with Gasteiger partial charge in [0.25, 0.3) is 0 Å². The predicted molar refractivity (Wildman–Crippen MR) is 147 cm³/mol. The summed E-state index contributed by atoms with van der Waals surface area (Å²) in [5, 5.41) is 9.98. The largest absolute Gasteiger partial charge is 0.493 e. The molecule has 0 radical (unpaired) electrons. The molecule has 2 atom stereocenters. The highest BCUT2D eigenvalue weighted by molar-refractivity contribution is 5.86. The van der Waals surface area contributed by atoms with Crippen LogP contribution in [-0.2, 0) is 22.4 Å². The van der Waals surface area contributed by atoms with E-state index in [2.05, 4.69) is 52.1 Å². The minimum atomic E-state index is -0.415. The summed E-state index contributed by atoms with van der Waals surface area (Å²) in [5.74, 6) is 2.63. The maximum absolute atomic E-state index is 11.8. The molecule has 2 unspecified atom stereocenters. The first kappa shape index (κ1) is 29.7. The molecule has 0 fully saturated rings. The van der Waals surface area contributed by atoms with E-state index in [1.165, 1.54) is 0 Å². The molecule has 5 nitrogen and oxygen atoms in total. The normalized spacial score (nSPS) is 17.2. The fourth-order valence-electron chi connectivity index (χ4n) is 4.62. The molecule has 0 heterocycles. The predicted octanol–water partition coefficient (Wildman–Crippen LogP) is 6.72. The lowest BCUT2D eigenvalue weighted by Crippen LogP contribution is -2.17. The van der Waals surface area contributed by atoms with Gasteiger partial charge in [0, 0.05) is 35.6 Å². The van der Waals surface area contributed by atoms with Gasteiger partial charge in [0.1, 0.15) is 24.7 Å². The van der Waals surface area contributed by atoms with Crippen LogP contribution in [-0.4, -0.2) is 37.5 Å². The Morgan fingerprint density at radius 2 is 1.81 bits per heavy atom. The Morgan fingerprint density at radius 3 is 2.36 bits per heavy atom. The first-order chi connectivity index (χ1) is 17.2. The topological polar surface area (TPSA) is 65.0 Å². The second-order valence-corrected chi connectivity index (χ2v) is 10.3. The van der Waals surface area contributed by atoms with Gasteiger partial charge in [0.2, 0.25) is 0 Å². The fraction of sp³-hybridized carbons (Fsp3) is 0.581. The Balaban J connectivity index is 2.48. The number of hydrogen-bond donors (Lipinski definition) is 1. The monoisotopic (exact) mass is 498 g/mol. The molecule has 36 heavy (non-hydrogen) atoms. The molecular formula is C31H46O5. The van der Waals surface area contributed by atoms with Crippen molar-refractivity contribution in [2.45, 2.75) is 79.1 Å². The zero-order chi connectivity index (χ0) is 26.7. The van der Waals surface area contributed by atoms with Gasteiger partial charge in [-0.2, -0.15) is 0 Å². The highest BCUT2D eigenvalue weighted by atomic mass is 16.6. The summed E-state index contributed by atoms with van der Waals surface area (Å²) in [6.45, 7) is 18.9. The van der Waals surface area contributed by atoms with E-state index in [0.29, 0.717) is 30.4 Å². The van der Waals surface area contributed by atoms with Crippen molar-refractivity contribution in [2.24, 2.45) is 11.8 Å². The molecule has 1 aliphatic carbocycles. The van der Waals surface area contributed by atoms with Crippen molar-refractivity contribution in [3.63, 3.8) is 0 Å². The summed E-state index contributed by atoms with van der Waals surface area (Å²) in [6, 6.07) is 2.13. The van der Waals surface area contributed by atoms with Crippen LogP contribution in [0.1, 0.15) is 82.9 Å². The highest BCUT2D eigenvalue weighted by Crippen LogP contribution is 2.43. The number of hydrogen-bond acceptors (Lipinski definition) is 5. The molecule has 200 valence electrons. The van der Waals surface area contributed by atoms with Gasteiger partial charge in [0.05, 0.1) is 6.61 Å². The summed E-state index contributed by atoms with van der Waals surface area (Å²) in [6.07, 6.45) is 9.86. The van der Waals surface area contributed by atoms with Crippen LogP contribution >= 0.6 is 0 Å². The number of aliphatic hydroxyl groups excluding tert-OH is 1. The number of carbonyl (C=O) groups is 1. The third kappa shape index (κ3) is 8.55. The zero-order valence-electron chi connectivity index (χ0n) is 23.0. The first-order valence-corrected chi connectivity index (χ1v) is 13.4. The van der Waals surface area contributed by atoms with Gasteiger partial charge in [-0.05, 0) is 63.0 Å². The SMILES string of the molecule is C=C(C)CCOc1c(CCC)c(OCCOC(=O)C(=C)C)cc(C2C=CC(C(C)C)CC2)c1CCO. The molecular weight excluding hydrogens is 452 g/mol. The minimum Gasteiger partial charge on any atom is -0.493 e. The Kier molecular flexibility index (Phi) is 12.3. The van der Waals surface area contributed by atoms with E-state index in [4.69, 9.17) is 14.2 Å². The number of rotatable bonds is 15. The van der Waals surface area contributed by atoms with Gasteiger partial charge in [0.15, 0.2) is 0 Å². The Hall–Kier alpha value is -2.53. The molecule has 0 saturated carbocycles. The van der Waals surface area contributed by atoms with E-state index in [1.54, 1.807) is 6.92 Å². The van der Waals surface area contributed by atoms with Crippen molar-refractivity contribution in [1.29, 1.82) is 0 Å². The van der Waals surface area contributed by atoms with E-state index in [9.17, 15) is 9.90 Å². The van der Waals surface area contributed by atoms with Gasteiger partial charge < -0.3 is 19.3 Å². The molecule has 0 amide bonds. The van der Waals surface area contributed by atoms with Gasteiger partial charge in [-0.25, -0.2) is 4.79 Å². The quantitative estimate of drug-likeness (QED) is 0.126. The molecule has 0 aromatic heterocycles. The van der Waals surface area contributed by atoms with Crippen LogP contribution in [0.5, 0.6) is 11.5 Å². The van der Waals surface area contributed by atoms with Gasteiger partial charge in [-0.15, -0.1) is 6.58 Å². The molecule has 2 rings (SSSR count). The lowest BCUT2D eigenvalue weighted by Gasteiger charge is -2.29. The Labute approximate surface area is 218 Å². The van der Waals surface area contributed by atoms with E-state index in [-0.39, 0.29) is 25.7 Å². The van der Waals surface area contributed by atoms with Crippen LogP contribution in [0.2, 0.25) is 0 Å². The van der Waals surface area contributed by atoms with Gasteiger partial charge in [-0.3, -0.25) is 0 Å². The van der Waals surface area contributed by atoms with Crippen LogP contribution in [0, 0.1) is 11.8 Å². The van der Waals surface area contributed by atoms with E-state index in [0.717, 1.165) is 65.9 Å². The van der Waals surface area contributed by atoms with Crippen LogP contribution in [0.3, 0.4) is 0 Å². The molecule has 1 aromatic rings. The number of esters is 1. The third-order valence-electron chi connectivity index (χ3n) is 6.70. The smallest absolute Gasteiger partial charge is 0.333 e. The zero-order valence-corrected chi connectivity index (χ0v) is 23.0. The molecule has 1 aliphatic rings. The molecule has 0 aliphatic heterocycles. The van der Waals surface area contributed by atoms with Crippen molar-refractivity contribution >= 4 is 5.97 Å². The third-order valence-corrected chi connectivity index (χ3v) is 6.70. The maximum atomic E-state index is 11.8. The standard InChI is InChI=1S/C31H46O5/c1-8-9-27-29(34-18-19-36-31(33)23(6)7)20-28(25-12-10-24(11-13-25)22(4)5)26(14-16-32)30(27)35-17-15-21(2)3/h10,12,20,22,24-25,32H,2,6,8-9,11,13-19H2,1,3-5,7H3. The number of ether oxygens (including phenoxy) is 3. The summed E-state index contributed by atoms with van der Waals surface area (Å²) in [4.78, 5) is 11.8. The Morgan fingerprint density at radius 1 is 1.06 bits per heavy atom. The average Bonchev–Trinajstić information content (AvgIpc) is 2.84. The average molecular weight is 499 g/mol. The number of carbonyl (C=O) groups excluding carboxylic acids is 1. The summed E-state index contributed by atoms with van der Waals surface area (Å²) in [7, 11) is 0. The number of benzene rings is 1. The highest BCUT2D eigenvalue weighted by Gasteiger charge is 2.26. The van der Waals surface area contributed by atoms with Gasteiger partial charge >= 0.3 is 5.97 Å². The molecule has 0 bridgehead atoms. The summed E-state index contributed by atoms with van der Waals surface area (Å²) < 4.78 is 17.9. The van der Waals surface area contributed by atoms with E-state index >= 15 is 0 Å². The van der Waals surface area contributed by atoms with Crippen molar-refractivity contribution in [2.75, 3.05) is 26.4 Å². The molecule has 0 saturated heterocycles. The van der Waals surface area contributed by atoms with Crippen LogP contribution in [0.4, 0.5) is 0 Å².